The maximum absolute atomic E-state index is 6.34. The molecule has 0 aliphatic rings. The van der Waals surface area contributed by atoms with E-state index in [-0.39, 0.29) is 0 Å². The Morgan fingerprint density at radius 3 is 2.53 bits per heavy atom. The van der Waals surface area contributed by atoms with Crippen molar-refractivity contribution in [2.75, 3.05) is 12.4 Å². The zero-order valence-corrected chi connectivity index (χ0v) is 17.9. The van der Waals surface area contributed by atoms with Crippen molar-refractivity contribution in [2.24, 2.45) is 0 Å². The van der Waals surface area contributed by atoms with Crippen LogP contribution in [0, 0.1) is 0 Å². The first-order chi connectivity index (χ1) is 14.5. The molecule has 0 amide bonds. The summed E-state index contributed by atoms with van der Waals surface area (Å²) < 4.78 is 5.27. The molecular formula is C24H23ClN4O. The number of methoxy groups -OCH3 is 1. The maximum Gasteiger partial charge on any atom is 0.157 e. The quantitative estimate of drug-likeness (QED) is 0.394. The van der Waals surface area contributed by atoms with E-state index in [2.05, 4.69) is 58.4 Å². The molecule has 1 N–H and O–H groups in total. The van der Waals surface area contributed by atoms with Gasteiger partial charge in [0.1, 0.15) is 12.4 Å². The van der Waals surface area contributed by atoms with E-state index in [9.17, 15) is 0 Å². The van der Waals surface area contributed by atoms with Gasteiger partial charge in [-0.1, -0.05) is 43.6 Å². The van der Waals surface area contributed by atoms with Crippen LogP contribution in [0.4, 0.5) is 11.5 Å². The average molecular weight is 419 g/mol. The Kier molecular flexibility index (Phi) is 5.93. The van der Waals surface area contributed by atoms with E-state index in [0.717, 1.165) is 33.7 Å². The summed E-state index contributed by atoms with van der Waals surface area (Å²) >= 11 is 6.34. The van der Waals surface area contributed by atoms with Gasteiger partial charge in [0.05, 0.1) is 16.2 Å². The summed E-state index contributed by atoms with van der Waals surface area (Å²) in [6, 6.07) is 18.0. The Morgan fingerprint density at radius 1 is 1.03 bits per heavy atom. The van der Waals surface area contributed by atoms with Gasteiger partial charge < -0.3 is 10.1 Å². The molecule has 0 unspecified atom stereocenters. The lowest BCUT2D eigenvalue weighted by Gasteiger charge is -2.13. The third-order valence-corrected chi connectivity index (χ3v) is 5.19. The van der Waals surface area contributed by atoms with E-state index in [1.807, 2.05) is 30.3 Å². The van der Waals surface area contributed by atoms with Crippen molar-refractivity contribution in [3.05, 3.63) is 77.2 Å². The van der Waals surface area contributed by atoms with Gasteiger partial charge in [0.25, 0.3) is 0 Å². The number of rotatable bonds is 6. The summed E-state index contributed by atoms with van der Waals surface area (Å²) in [6.07, 6.45) is 1.73. The summed E-state index contributed by atoms with van der Waals surface area (Å²) in [5.41, 5.74) is 4.70. The number of hydrogen-bond acceptors (Lipinski definition) is 5. The van der Waals surface area contributed by atoms with Crippen molar-refractivity contribution in [3.63, 3.8) is 0 Å². The highest BCUT2D eigenvalue weighted by atomic mass is 35.5. The van der Waals surface area contributed by atoms with E-state index in [1.165, 1.54) is 5.56 Å². The number of nitrogens with zero attached hydrogens (tertiary/aromatic N) is 3. The van der Waals surface area contributed by atoms with Crippen LogP contribution in [-0.2, 0) is 11.3 Å². The van der Waals surface area contributed by atoms with Gasteiger partial charge in [-0.2, -0.15) is 0 Å². The van der Waals surface area contributed by atoms with Crippen molar-refractivity contribution in [3.8, 4) is 11.3 Å². The predicted octanol–water partition coefficient (Wildman–Crippen LogP) is 6.36. The second-order valence-electron chi connectivity index (χ2n) is 7.39. The first-order valence-corrected chi connectivity index (χ1v) is 10.2. The molecule has 0 bridgehead atoms. The Morgan fingerprint density at radius 2 is 1.83 bits per heavy atom. The van der Waals surface area contributed by atoms with E-state index >= 15 is 0 Å². The standard InChI is InChI=1S/C24H23ClN4O/c1-15(2)16-6-9-18(10-7-16)27-24-19-11-8-17(23-20(25)5-4-12-26-23)13-21(19)28-22(29-24)14-30-3/h4-13,15H,14H2,1-3H3,(H,27,28,29). The van der Waals surface area contributed by atoms with E-state index < -0.39 is 0 Å². The van der Waals surface area contributed by atoms with Gasteiger partial charge in [0, 0.05) is 29.9 Å². The highest BCUT2D eigenvalue weighted by Gasteiger charge is 2.12. The molecule has 0 aliphatic carbocycles. The SMILES string of the molecule is COCc1nc(Nc2ccc(C(C)C)cc2)c2ccc(-c3ncccc3Cl)cc2n1. The predicted molar refractivity (Wildman–Crippen MR) is 122 cm³/mol. The van der Waals surface area contributed by atoms with Gasteiger partial charge in [-0.05, 0) is 47.9 Å². The van der Waals surface area contributed by atoms with Crippen molar-refractivity contribution in [1.82, 2.24) is 15.0 Å². The topological polar surface area (TPSA) is 59.9 Å². The zero-order valence-electron chi connectivity index (χ0n) is 17.2. The second-order valence-corrected chi connectivity index (χ2v) is 7.80. The fourth-order valence-electron chi connectivity index (χ4n) is 3.30. The lowest BCUT2D eigenvalue weighted by atomic mass is 10.0. The van der Waals surface area contributed by atoms with E-state index in [0.29, 0.717) is 23.4 Å². The van der Waals surface area contributed by atoms with Crippen LogP contribution in [0.2, 0.25) is 5.02 Å². The number of ether oxygens (including phenoxy) is 1. The van der Waals surface area contributed by atoms with Gasteiger partial charge in [0.2, 0.25) is 0 Å². The number of fused-ring (bicyclic) bond motifs is 1. The molecule has 2 aromatic carbocycles. The van der Waals surface area contributed by atoms with Gasteiger partial charge in [0.15, 0.2) is 5.82 Å². The molecule has 0 spiro atoms. The van der Waals surface area contributed by atoms with Gasteiger partial charge in [-0.3, -0.25) is 4.98 Å². The molecule has 152 valence electrons. The van der Waals surface area contributed by atoms with Crippen molar-refractivity contribution >= 4 is 34.0 Å². The highest BCUT2D eigenvalue weighted by Crippen LogP contribution is 2.31. The number of hydrogen-bond donors (Lipinski definition) is 1. The number of pyridine rings is 1. The molecule has 5 nitrogen and oxygen atoms in total. The number of benzene rings is 2. The fraction of sp³-hybridized carbons (Fsp3) is 0.208. The van der Waals surface area contributed by atoms with Crippen LogP contribution in [0.1, 0.15) is 31.2 Å². The molecule has 0 fully saturated rings. The monoisotopic (exact) mass is 418 g/mol. The molecule has 4 aromatic rings. The zero-order chi connectivity index (χ0) is 21.1. The van der Waals surface area contributed by atoms with Crippen molar-refractivity contribution in [1.29, 1.82) is 0 Å². The largest absolute Gasteiger partial charge is 0.377 e. The minimum absolute atomic E-state index is 0.325. The minimum Gasteiger partial charge on any atom is -0.377 e. The summed E-state index contributed by atoms with van der Waals surface area (Å²) in [5, 5.41) is 4.95. The average Bonchev–Trinajstić information content (AvgIpc) is 2.74. The van der Waals surface area contributed by atoms with Gasteiger partial charge in [-0.15, -0.1) is 0 Å². The highest BCUT2D eigenvalue weighted by molar-refractivity contribution is 6.33. The van der Waals surface area contributed by atoms with Crippen LogP contribution in [0.25, 0.3) is 22.2 Å². The van der Waals surface area contributed by atoms with E-state index in [4.69, 9.17) is 16.3 Å². The van der Waals surface area contributed by atoms with Crippen LogP contribution in [0.3, 0.4) is 0 Å². The number of aromatic nitrogens is 3. The molecule has 30 heavy (non-hydrogen) atoms. The molecule has 4 rings (SSSR count). The van der Waals surface area contributed by atoms with Crippen LogP contribution in [-0.4, -0.2) is 22.1 Å². The molecule has 2 aromatic heterocycles. The molecule has 6 heteroatoms. The molecule has 0 atom stereocenters. The number of halogens is 1. The van der Waals surface area contributed by atoms with Gasteiger partial charge >= 0.3 is 0 Å². The lowest BCUT2D eigenvalue weighted by Crippen LogP contribution is -2.03. The summed E-state index contributed by atoms with van der Waals surface area (Å²) in [4.78, 5) is 13.8. The van der Waals surface area contributed by atoms with Gasteiger partial charge in [-0.25, -0.2) is 9.97 Å². The first kappa shape index (κ1) is 20.3. The van der Waals surface area contributed by atoms with Crippen LogP contribution < -0.4 is 5.32 Å². The third kappa shape index (κ3) is 4.27. The summed E-state index contributed by atoms with van der Waals surface area (Å²) in [6.45, 7) is 4.69. The fourth-order valence-corrected chi connectivity index (χ4v) is 3.53. The Labute approximate surface area is 181 Å². The number of nitrogens with one attached hydrogen (secondary N) is 1. The molecule has 0 aliphatic heterocycles. The Bertz CT molecular complexity index is 1180. The van der Waals surface area contributed by atoms with E-state index in [1.54, 1.807) is 13.3 Å². The maximum atomic E-state index is 6.34. The first-order valence-electron chi connectivity index (χ1n) is 9.82. The normalized spacial score (nSPS) is 11.2. The summed E-state index contributed by atoms with van der Waals surface area (Å²) in [5.74, 6) is 1.84. The molecule has 0 radical (unpaired) electrons. The summed E-state index contributed by atoms with van der Waals surface area (Å²) in [7, 11) is 1.63. The Balaban J connectivity index is 1.77. The molecular weight excluding hydrogens is 396 g/mol. The lowest BCUT2D eigenvalue weighted by molar-refractivity contribution is 0.178. The minimum atomic E-state index is 0.325. The van der Waals surface area contributed by atoms with Crippen LogP contribution in [0.5, 0.6) is 0 Å². The third-order valence-electron chi connectivity index (χ3n) is 4.89. The van der Waals surface area contributed by atoms with Crippen LogP contribution in [0.15, 0.2) is 60.8 Å². The van der Waals surface area contributed by atoms with Crippen molar-refractivity contribution < 1.29 is 4.74 Å². The van der Waals surface area contributed by atoms with Crippen LogP contribution >= 0.6 is 11.6 Å². The van der Waals surface area contributed by atoms with Crippen molar-refractivity contribution in [2.45, 2.75) is 26.4 Å². The molecule has 0 saturated carbocycles. The molecule has 2 heterocycles. The number of anilines is 2. The smallest absolute Gasteiger partial charge is 0.157 e. The Hall–Kier alpha value is -3.02. The molecule has 0 saturated heterocycles. The second kappa shape index (κ2) is 8.78.